The Morgan fingerprint density at radius 3 is 2.60 bits per heavy atom. The van der Waals surface area contributed by atoms with Gasteiger partial charge in [0.25, 0.3) is 0 Å². The minimum atomic E-state index is -0.546. The van der Waals surface area contributed by atoms with Gasteiger partial charge in [0.1, 0.15) is 12.4 Å². The van der Waals surface area contributed by atoms with Crippen LogP contribution in [0.5, 0.6) is 5.75 Å². The van der Waals surface area contributed by atoms with Crippen LogP contribution in [0.15, 0.2) is 35.5 Å². The van der Waals surface area contributed by atoms with Crippen molar-refractivity contribution in [1.29, 1.82) is 0 Å². The van der Waals surface area contributed by atoms with E-state index in [0.717, 1.165) is 23.5 Å². The zero-order valence-electron chi connectivity index (χ0n) is 14.8. The largest absolute Gasteiger partial charge is 0.494 e. The van der Waals surface area contributed by atoms with Crippen molar-refractivity contribution in [2.75, 3.05) is 25.2 Å². The van der Waals surface area contributed by atoms with Gasteiger partial charge in [-0.3, -0.25) is 0 Å². The molecule has 25 heavy (non-hydrogen) atoms. The molecular formula is C18H24N2O4S. The first-order valence-corrected chi connectivity index (χ1v) is 9.63. The van der Waals surface area contributed by atoms with E-state index in [-0.39, 0.29) is 6.03 Å². The minimum Gasteiger partial charge on any atom is -0.494 e. The number of amides is 2. The molecule has 0 aliphatic carbocycles. The molecule has 1 aromatic carbocycles. The van der Waals surface area contributed by atoms with Crippen molar-refractivity contribution in [2.24, 2.45) is 0 Å². The van der Waals surface area contributed by atoms with E-state index in [9.17, 15) is 9.59 Å². The number of nitrogens with one attached hydrogen (secondary N) is 2. The van der Waals surface area contributed by atoms with Crippen molar-refractivity contribution in [3.8, 4) is 5.75 Å². The van der Waals surface area contributed by atoms with Crippen molar-refractivity contribution in [3.05, 3.63) is 41.1 Å². The van der Waals surface area contributed by atoms with Crippen LogP contribution in [0.2, 0.25) is 0 Å². The fourth-order valence-electron chi connectivity index (χ4n) is 2.49. The van der Waals surface area contributed by atoms with Crippen LogP contribution in [0.25, 0.3) is 0 Å². The summed E-state index contributed by atoms with van der Waals surface area (Å²) in [7, 11) is 0. The summed E-state index contributed by atoms with van der Waals surface area (Å²) in [4.78, 5) is 24.3. The SMILES string of the molecule is CCCOc1ccc([C@@H]2NC(=O)NC(C)=C2C(=O)OCCSC)cc1. The molecule has 7 heteroatoms. The maximum absolute atomic E-state index is 12.5. The number of urea groups is 1. The lowest BCUT2D eigenvalue weighted by Gasteiger charge is -2.28. The highest BCUT2D eigenvalue weighted by Crippen LogP contribution is 2.28. The molecule has 0 unspecified atom stereocenters. The molecule has 1 heterocycles. The quantitative estimate of drug-likeness (QED) is 0.548. The molecule has 2 rings (SSSR count). The number of hydrogen-bond donors (Lipinski definition) is 2. The number of benzene rings is 1. The summed E-state index contributed by atoms with van der Waals surface area (Å²) in [5.41, 5.74) is 1.73. The van der Waals surface area contributed by atoms with Crippen molar-refractivity contribution >= 4 is 23.8 Å². The average Bonchev–Trinajstić information content (AvgIpc) is 2.59. The molecule has 2 N–H and O–H groups in total. The zero-order chi connectivity index (χ0) is 18.2. The Hall–Kier alpha value is -2.15. The molecule has 0 radical (unpaired) electrons. The third kappa shape index (κ3) is 5.16. The smallest absolute Gasteiger partial charge is 0.338 e. The molecule has 0 saturated heterocycles. The van der Waals surface area contributed by atoms with E-state index in [0.29, 0.717) is 24.5 Å². The second-order valence-electron chi connectivity index (χ2n) is 5.62. The van der Waals surface area contributed by atoms with E-state index in [1.54, 1.807) is 18.7 Å². The summed E-state index contributed by atoms with van der Waals surface area (Å²) >= 11 is 1.60. The van der Waals surface area contributed by atoms with Crippen molar-refractivity contribution in [2.45, 2.75) is 26.3 Å². The summed E-state index contributed by atoms with van der Waals surface area (Å²) in [5, 5.41) is 5.43. The molecule has 0 saturated carbocycles. The van der Waals surface area contributed by atoms with Crippen LogP contribution in [0.3, 0.4) is 0 Å². The Labute approximate surface area is 152 Å². The molecule has 0 spiro atoms. The van der Waals surface area contributed by atoms with Gasteiger partial charge in [0.2, 0.25) is 0 Å². The second-order valence-corrected chi connectivity index (χ2v) is 6.60. The monoisotopic (exact) mass is 364 g/mol. The molecule has 0 bridgehead atoms. The summed E-state index contributed by atoms with van der Waals surface area (Å²) in [5.74, 6) is 1.07. The maximum atomic E-state index is 12.5. The number of carbonyl (C=O) groups is 2. The standard InChI is InChI=1S/C18H24N2O4S/c1-4-9-23-14-7-5-13(6-8-14)16-15(12(2)19-18(22)20-16)17(21)24-10-11-25-3/h5-8,16H,4,9-11H2,1-3H3,(H2,19,20,22)/t16-/m0/s1. The number of ether oxygens (including phenoxy) is 2. The van der Waals surface area contributed by atoms with Gasteiger partial charge in [-0.1, -0.05) is 19.1 Å². The van der Waals surface area contributed by atoms with Crippen LogP contribution >= 0.6 is 11.8 Å². The van der Waals surface area contributed by atoms with Crippen LogP contribution in [-0.4, -0.2) is 37.2 Å². The summed E-state index contributed by atoms with van der Waals surface area (Å²) in [6.07, 6.45) is 2.88. The Balaban J connectivity index is 2.21. The van der Waals surface area contributed by atoms with Gasteiger partial charge in [-0.15, -0.1) is 0 Å². The predicted molar refractivity (Wildman–Crippen MR) is 98.7 cm³/mol. The number of rotatable bonds is 8. The average molecular weight is 364 g/mol. The van der Waals surface area contributed by atoms with E-state index in [2.05, 4.69) is 10.6 Å². The van der Waals surface area contributed by atoms with Gasteiger partial charge in [0, 0.05) is 11.4 Å². The molecule has 1 atom stereocenters. The molecule has 136 valence electrons. The van der Waals surface area contributed by atoms with Gasteiger partial charge < -0.3 is 20.1 Å². The van der Waals surface area contributed by atoms with E-state index < -0.39 is 12.0 Å². The highest BCUT2D eigenvalue weighted by atomic mass is 32.2. The van der Waals surface area contributed by atoms with E-state index in [1.165, 1.54) is 0 Å². The molecule has 1 aliphatic rings. The highest BCUT2D eigenvalue weighted by Gasteiger charge is 2.32. The number of thioether (sulfide) groups is 1. The number of esters is 1. The van der Waals surface area contributed by atoms with E-state index in [4.69, 9.17) is 9.47 Å². The summed E-state index contributed by atoms with van der Waals surface area (Å²) in [6.45, 7) is 4.73. The van der Waals surface area contributed by atoms with Crippen molar-refractivity contribution in [3.63, 3.8) is 0 Å². The third-order valence-corrected chi connectivity index (χ3v) is 4.27. The fourth-order valence-corrected chi connectivity index (χ4v) is 2.74. The lowest BCUT2D eigenvalue weighted by atomic mass is 9.95. The van der Waals surface area contributed by atoms with Gasteiger partial charge in [0.15, 0.2) is 0 Å². The Kier molecular flexibility index (Phi) is 7.18. The fraction of sp³-hybridized carbons (Fsp3) is 0.444. The predicted octanol–water partition coefficient (Wildman–Crippen LogP) is 3.01. The van der Waals surface area contributed by atoms with Crippen LogP contribution < -0.4 is 15.4 Å². The summed E-state index contributed by atoms with van der Waals surface area (Å²) in [6, 6.07) is 6.49. The Bertz CT molecular complexity index is 643. The van der Waals surface area contributed by atoms with Crippen LogP contribution in [0.4, 0.5) is 4.79 Å². The molecule has 6 nitrogen and oxygen atoms in total. The van der Waals surface area contributed by atoms with Gasteiger partial charge in [-0.25, -0.2) is 9.59 Å². The minimum absolute atomic E-state index is 0.335. The third-order valence-electron chi connectivity index (χ3n) is 3.70. The Morgan fingerprint density at radius 1 is 1.24 bits per heavy atom. The molecule has 1 aliphatic heterocycles. The first kappa shape index (κ1) is 19.2. The zero-order valence-corrected chi connectivity index (χ0v) is 15.6. The lowest BCUT2D eigenvalue weighted by Crippen LogP contribution is -2.45. The van der Waals surface area contributed by atoms with Crippen LogP contribution in [0.1, 0.15) is 31.9 Å². The molecule has 0 fully saturated rings. The van der Waals surface area contributed by atoms with Crippen molar-refractivity contribution in [1.82, 2.24) is 10.6 Å². The lowest BCUT2D eigenvalue weighted by molar-refractivity contribution is -0.138. The van der Waals surface area contributed by atoms with Gasteiger partial charge >= 0.3 is 12.0 Å². The topological polar surface area (TPSA) is 76.7 Å². The second kappa shape index (κ2) is 9.36. The van der Waals surface area contributed by atoms with Gasteiger partial charge in [-0.2, -0.15) is 11.8 Å². The summed E-state index contributed by atoms with van der Waals surface area (Å²) < 4.78 is 10.9. The number of carbonyl (C=O) groups excluding carboxylic acids is 2. The van der Waals surface area contributed by atoms with E-state index in [1.807, 2.05) is 37.4 Å². The van der Waals surface area contributed by atoms with Crippen molar-refractivity contribution < 1.29 is 19.1 Å². The van der Waals surface area contributed by atoms with Gasteiger partial charge in [-0.05, 0) is 37.3 Å². The molecular weight excluding hydrogens is 340 g/mol. The molecule has 0 aromatic heterocycles. The number of hydrogen-bond acceptors (Lipinski definition) is 5. The van der Waals surface area contributed by atoms with Gasteiger partial charge in [0.05, 0.1) is 18.2 Å². The van der Waals surface area contributed by atoms with Crippen LogP contribution in [0, 0.1) is 0 Å². The molecule has 2 amide bonds. The first-order chi connectivity index (χ1) is 12.1. The normalized spacial score (nSPS) is 16.9. The van der Waals surface area contributed by atoms with E-state index >= 15 is 0 Å². The first-order valence-electron chi connectivity index (χ1n) is 8.24. The molecule has 1 aromatic rings. The Morgan fingerprint density at radius 2 is 1.96 bits per heavy atom. The maximum Gasteiger partial charge on any atom is 0.338 e. The highest BCUT2D eigenvalue weighted by molar-refractivity contribution is 7.98. The number of allylic oxidation sites excluding steroid dienone is 1. The van der Waals surface area contributed by atoms with Crippen LogP contribution in [-0.2, 0) is 9.53 Å².